The number of hydrogen-bond acceptors (Lipinski definition) is 23. The summed E-state index contributed by atoms with van der Waals surface area (Å²) in [5.74, 6) is -18.4. The summed E-state index contributed by atoms with van der Waals surface area (Å²) in [4.78, 5) is 280. The van der Waals surface area contributed by atoms with Gasteiger partial charge in [-0.05, 0) is 80.0 Å². The molecule has 0 bridgehead atoms. The number of phenols is 1. The van der Waals surface area contributed by atoms with Gasteiger partial charge in [0.2, 0.25) is 106 Å². The number of carbonyl (C=O) groups is 18. The van der Waals surface area contributed by atoms with Crippen molar-refractivity contribution in [3.8, 4) is 5.75 Å². The number of aromatic hydroxyl groups is 1. The highest BCUT2D eigenvalue weighted by Crippen LogP contribution is 2.28. The standard InChI is InChI=1S/C87H118N22O21S/c1-8-10-21-67-86(129)104(4)42-73(116)97-65(76(119)94-40-72(90)115)44-131-45-74(117)96-61(31-48-24-26-52(111)27-25-48)82(125)105(5)47(3)75(118)101-63(36-71(89)114)85(128)108-30-16-23-66(108)80(123)100-60(34-51-39-91-46-95-51)78(121)98-58(28-29-70(88)113)84(127)109-41-53(112)35-69(109)81(124)99-59(32-49-37-92-56-19-14-12-17-54(49)56)77(120)103-64(43-110)79(122)102-62(33-50-38-93-57-20-15-13-18-55(50)57)83(126)106(6)68(22-11-9-2)87(130)107(67)7/h12-15,17-20,24-27,37-39,46-47,53,58-69,92-93,110-112H,8-11,16,21-23,28-36,40-45H2,1-7H3,(H2,88,113)(H2,89,114)(H2,90,115)(H,91,95)(H,94,119)(H,96,117)(H,97,116)(H,98,121)(H,99,124)(H,100,123)(H,101,118)(H,102,122)(H,103,120)/t47-,53+,58-,59-,60-,61-,62-,63-,64-,65-,66-,67-,68-,69-/m0/s1. The minimum atomic E-state index is -1.91. The molecule has 6 heterocycles. The number of amides is 18. The van der Waals surface area contributed by atoms with Crippen LogP contribution in [0.5, 0.6) is 5.75 Å². The largest absolute Gasteiger partial charge is 0.508 e. The van der Waals surface area contributed by atoms with Crippen LogP contribution >= 0.6 is 11.8 Å². The topological polar surface area (TPSA) is 634 Å². The van der Waals surface area contributed by atoms with Gasteiger partial charge in [-0.25, -0.2) is 4.98 Å². The number of likely N-dealkylation sites (N-methyl/N-ethyl adjacent to an activating group) is 4. The van der Waals surface area contributed by atoms with Crippen LogP contribution in [-0.2, 0) is 112 Å². The third kappa shape index (κ3) is 27.5. The molecule has 14 atom stereocenters. The predicted octanol–water partition coefficient (Wildman–Crippen LogP) is -4.00. The highest BCUT2D eigenvalue weighted by atomic mass is 32.2. The molecule has 43 nitrogen and oxygen atoms in total. The van der Waals surface area contributed by atoms with Crippen molar-refractivity contribution in [2.75, 3.05) is 72.5 Å². The molecule has 3 aliphatic heterocycles. The van der Waals surface area contributed by atoms with Crippen LogP contribution in [-0.4, -0.2) is 328 Å². The highest BCUT2D eigenvalue weighted by molar-refractivity contribution is 8.00. The quantitative estimate of drug-likeness (QED) is 0.0291. The van der Waals surface area contributed by atoms with E-state index in [0.29, 0.717) is 64.2 Å². The van der Waals surface area contributed by atoms with Crippen LogP contribution in [0.4, 0.5) is 0 Å². The summed E-state index contributed by atoms with van der Waals surface area (Å²) < 4.78 is 0. The zero-order valence-electron chi connectivity index (χ0n) is 74.0. The molecule has 3 fully saturated rings. The Labute approximate surface area is 758 Å². The number of aliphatic hydroxyl groups excluding tert-OH is 2. The van der Waals surface area contributed by atoms with Gasteiger partial charge in [0.15, 0.2) is 0 Å². The first-order valence-electron chi connectivity index (χ1n) is 43.3. The molecule has 0 aliphatic carbocycles. The number of nitrogens with two attached hydrogens (primary N) is 3. The van der Waals surface area contributed by atoms with E-state index in [4.69, 9.17) is 17.2 Å². The number of aromatic nitrogens is 4. The molecule has 0 unspecified atom stereocenters. The molecule has 6 aromatic rings. The number of benzene rings is 3. The van der Waals surface area contributed by atoms with Crippen LogP contribution in [0.25, 0.3) is 21.8 Å². The maximum atomic E-state index is 15.6. The van der Waals surface area contributed by atoms with E-state index in [0.717, 1.165) is 36.3 Å². The van der Waals surface area contributed by atoms with Gasteiger partial charge < -0.3 is 125 Å². The Kier molecular flexibility index (Phi) is 36.9. The van der Waals surface area contributed by atoms with E-state index in [9.17, 15) is 68.1 Å². The average Bonchev–Trinajstić information content (AvgIpc) is 1.76. The molecule has 3 saturated heterocycles. The van der Waals surface area contributed by atoms with E-state index < -0.39 is 261 Å². The summed E-state index contributed by atoms with van der Waals surface area (Å²) in [7, 11) is 5.18. The van der Waals surface area contributed by atoms with E-state index in [1.54, 1.807) is 60.9 Å². The molecular weight excluding hydrogens is 1720 g/mol. The fourth-order valence-corrected chi connectivity index (χ4v) is 16.9. The smallest absolute Gasteiger partial charge is 0.246 e. The first-order chi connectivity index (χ1) is 62.4. The number of phenolic OH excluding ortho intramolecular Hbond substituents is 1. The number of rotatable bonds is 23. The lowest BCUT2D eigenvalue weighted by Crippen LogP contribution is -2.61. The van der Waals surface area contributed by atoms with E-state index in [2.05, 4.69) is 67.8 Å². The first-order valence-corrected chi connectivity index (χ1v) is 44.5. The maximum Gasteiger partial charge on any atom is 0.246 e. The SMILES string of the molecule is CCCC[C@H]1C(=O)N(C)[C@@H](CCCC)C(=O)N(C)CC(=O)N[C@H](C(=O)NCC(N)=O)CSCC(=O)N[C@@H](Cc2ccc(O)cc2)C(=O)N(C)[C@@H](C)C(=O)N[C@@H](CC(N)=O)C(=O)N2CCC[C@H]2C(=O)N[C@@H](Cc2c[nH]cn2)C(=O)N[C@@H](CCC(N)=O)C(=O)N2C[C@H](O)C[C@H]2C(=O)N[C@@H](Cc2c[nH]c3ccccc23)C(=O)N[C@@H](CO)C(=O)N[C@@H](Cc2c[nH]c3ccccc23)C(=O)N1C. The number of thioether (sulfide) groups is 1. The third-order valence-corrected chi connectivity index (χ3v) is 24.5. The van der Waals surface area contributed by atoms with Gasteiger partial charge in [0.05, 0.1) is 50.0 Å². The Balaban J connectivity index is 1.08. The average molecular weight is 1840 g/mol. The Hall–Kier alpha value is -13.5. The van der Waals surface area contributed by atoms with Gasteiger partial charge in [-0.1, -0.05) is 88.1 Å². The van der Waals surface area contributed by atoms with E-state index in [1.807, 2.05) is 13.8 Å². The van der Waals surface area contributed by atoms with Crippen molar-refractivity contribution in [1.82, 2.24) is 97.2 Å². The Bertz CT molecular complexity index is 5130. The Morgan fingerprint density at radius 2 is 1.07 bits per heavy atom. The second-order valence-corrected chi connectivity index (χ2v) is 34.1. The van der Waals surface area contributed by atoms with Crippen LogP contribution in [0.1, 0.15) is 120 Å². The summed E-state index contributed by atoms with van der Waals surface area (Å²) in [5.41, 5.74) is 19.5. The molecule has 0 spiro atoms. The molecule has 0 saturated carbocycles. The zero-order chi connectivity index (χ0) is 95.6. The van der Waals surface area contributed by atoms with Crippen molar-refractivity contribution in [2.45, 2.75) is 208 Å². The van der Waals surface area contributed by atoms with E-state index in [-0.39, 0.29) is 62.9 Å². The summed E-state index contributed by atoms with van der Waals surface area (Å²) >= 11 is 0.777. The van der Waals surface area contributed by atoms with Crippen LogP contribution in [0.3, 0.4) is 0 Å². The number of imidazole rings is 1. The number of hydrogen-bond donors (Lipinski definition) is 18. The summed E-state index contributed by atoms with van der Waals surface area (Å²) in [6.45, 7) is 1.66. The molecule has 131 heavy (non-hydrogen) atoms. The summed E-state index contributed by atoms with van der Waals surface area (Å²) in [5, 5.41) is 57.2. The molecule has 9 rings (SSSR count). The number of nitrogens with zero attached hydrogens (tertiary/aromatic N) is 7. The first kappa shape index (κ1) is 101. The second-order valence-electron chi connectivity index (χ2n) is 33.0. The van der Waals surface area contributed by atoms with Crippen molar-refractivity contribution in [3.63, 3.8) is 0 Å². The van der Waals surface area contributed by atoms with Crippen molar-refractivity contribution < 1.29 is 102 Å². The number of fused-ring (bicyclic) bond motifs is 4. The fourth-order valence-electron chi connectivity index (χ4n) is 16.1. The molecule has 0 radical (unpaired) electrons. The van der Waals surface area contributed by atoms with Gasteiger partial charge in [0.1, 0.15) is 84.3 Å². The monoisotopic (exact) mass is 1840 g/mol. The molecule has 3 aromatic carbocycles. The van der Waals surface area contributed by atoms with Gasteiger partial charge in [-0.2, -0.15) is 0 Å². The van der Waals surface area contributed by atoms with Gasteiger partial charge in [0, 0.05) is 126 Å². The van der Waals surface area contributed by atoms with Crippen LogP contribution in [0.2, 0.25) is 0 Å². The number of nitrogens with one attached hydrogen (secondary N) is 12. The minimum absolute atomic E-state index is 0.00858. The molecule has 708 valence electrons. The lowest BCUT2D eigenvalue weighted by atomic mass is 10.00. The van der Waals surface area contributed by atoms with Gasteiger partial charge >= 0.3 is 0 Å². The van der Waals surface area contributed by atoms with Crippen molar-refractivity contribution in [1.29, 1.82) is 0 Å². The number of carbonyl (C=O) groups excluding carboxylic acids is 18. The van der Waals surface area contributed by atoms with E-state index in [1.165, 1.54) is 76.8 Å². The van der Waals surface area contributed by atoms with Crippen LogP contribution in [0.15, 0.2) is 97.7 Å². The Morgan fingerprint density at radius 3 is 1.66 bits per heavy atom. The van der Waals surface area contributed by atoms with Crippen LogP contribution in [0, 0.1) is 0 Å². The predicted molar refractivity (Wildman–Crippen MR) is 475 cm³/mol. The zero-order valence-corrected chi connectivity index (χ0v) is 74.9. The number of unbranched alkanes of at least 4 members (excludes halogenated alkanes) is 2. The number of aromatic amines is 3. The molecule has 44 heteroatoms. The normalized spacial score (nSPS) is 24.6. The minimum Gasteiger partial charge on any atom is -0.508 e. The Morgan fingerprint density at radius 1 is 0.534 bits per heavy atom. The lowest BCUT2D eigenvalue weighted by Gasteiger charge is -2.37. The molecule has 21 N–H and O–H groups in total. The number of primary amides is 3. The lowest BCUT2D eigenvalue weighted by molar-refractivity contribution is -0.151. The molecule has 3 aromatic heterocycles. The number of para-hydroxylation sites is 2. The maximum absolute atomic E-state index is 15.6. The van der Waals surface area contributed by atoms with Gasteiger partial charge in [-0.15, -0.1) is 11.8 Å². The molecule has 3 aliphatic rings. The second kappa shape index (κ2) is 47.7. The summed E-state index contributed by atoms with van der Waals surface area (Å²) in [6.07, 6.45) is 2.55. The van der Waals surface area contributed by atoms with E-state index >= 15 is 33.6 Å². The number of H-pyrrole nitrogens is 3. The number of aliphatic hydroxyl groups is 2. The highest BCUT2D eigenvalue weighted by Gasteiger charge is 2.47. The van der Waals surface area contributed by atoms with Crippen molar-refractivity contribution in [2.24, 2.45) is 17.2 Å². The molecular formula is C87H118N22O21S. The molecule has 18 amide bonds. The van der Waals surface area contributed by atoms with Crippen LogP contribution < -0.4 is 65.1 Å². The van der Waals surface area contributed by atoms with Crippen molar-refractivity contribution in [3.05, 3.63) is 120 Å². The summed E-state index contributed by atoms with van der Waals surface area (Å²) in [6, 6.07) is -1.26. The van der Waals surface area contributed by atoms with Crippen molar-refractivity contribution >= 4 is 140 Å². The van der Waals surface area contributed by atoms with Gasteiger partial charge in [0.25, 0.3) is 0 Å². The third-order valence-electron chi connectivity index (χ3n) is 23.4. The van der Waals surface area contributed by atoms with Gasteiger partial charge in [-0.3, -0.25) is 86.3 Å². The fraction of sp³-hybridized carbons (Fsp3) is 0.506.